The third-order valence-electron chi connectivity index (χ3n) is 5.26. The lowest BCUT2D eigenvalue weighted by atomic mass is 10.1. The van der Waals surface area contributed by atoms with E-state index in [1.807, 2.05) is 0 Å². The molecule has 0 spiro atoms. The molecule has 2 saturated carbocycles. The molecule has 1 heterocycles. The van der Waals surface area contributed by atoms with E-state index in [2.05, 4.69) is 15.2 Å². The molecular weight excluding hydrogens is 264 g/mol. The molecule has 0 unspecified atom stereocenters. The van der Waals surface area contributed by atoms with E-state index in [-0.39, 0.29) is 0 Å². The van der Waals surface area contributed by atoms with E-state index in [1.165, 1.54) is 51.4 Å². The van der Waals surface area contributed by atoms with Crippen LogP contribution in [0.3, 0.4) is 0 Å². The van der Waals surface area contributed by atoms with Crippen molar-refractivity contribution in [2.45, 2.75) is 62.9 Å². The zero-order valence-electron chi connectivity index (χ0n) is 13.1. The van der Waals surface area contributed by atoms with Crippen molar-refractivity contribution < 1.29 is 4.74 Å². The van der Waals surface area contributed by atoms with Crippen molar-refractivity contribution in [2.75, 3.05) is 32.8 Å². The van der Waals surface area contributed by atoms with Crippen LogP contribution in [0.5, 0.6) is 0 Å². The van der Waals surface area contributed by atoms with Crippen molar-refractivity contribution >= 4 is 5.96 Å². The Morgan fingerprint density at radius 1 is 1.14 bits per heavy atom. The highest BCUT2D eigenvalue weighted by molar-refractivity contribution is 5.78. The van der Waals surface area contributed by atoms with Crippen molar-refractivity contribution in [1.82, 2.24) is 10.2 Å². The molecular formula is C16H30N4O. The van der Waals surface area contributed by atoms with E-state index in [0.29, 0.717) is 17.5 Å². The number of hydrogen-bond donors (Lipinski definition) is 2. The normalized spacial score (nSPS) is 28.1. The maximum Gasteiger partial charge on any atom is 0.188 e. The Labute approximate surface area is 128 Å². The number of nitrogens with one attached hydrogen (secondary N) is 1. The fourth-order valence-electron chi connectivity index (χ4n) is 3.67. The van der Waals surface area contributed by atoms with Gasteiger partial charge in [-0.05, 0) is 25.7 Å². The molecule has 0 atom stereocenters. The van der Waals surface area contributed by atoms with Crippen molar-refractivity contribution in [3.05, 3.63) is 0 Å². The summed E-state index contributed by atoms with van der Waals surface area (Å²) >= 11 is 0. The molecule has 1 aliphatic heterocycles. The van der Waals surface area contributed by atoms with Gasteiger partial charge in [-0.2, -0.15) is 0 Å². The summed E-state index contributed by atoms with van der Waals surface area (Å²) < 4.78 is 5.45. The number of hydrogen-bond acceptors (Lipinski definition) is 3. The predicted molar refractivity (Wildman–Crippen MR) is 85.5 cm³/mol. The number of ether oxygens (including phenoxy) is 1. The van der Waals surface area contributed by atoms with Gasteiger partial charge in [0.15, 0.2) is 5.96 Å². The minimum Gasteiger partial charge on any atom is -0.379 e. The standard InChI is InChI=1S/C16H30N4O/c17-15(19-14-5-3-1-2-4-6-14)18-13-16(7-8-16)20-9-11-21-12-10-20/h14H,1-13H2,(H3,17,18,19). The third-order valence-corrected chi connectivity index (χ3v) is 5.26. The van der Waals surface area contributed by atoms with Gasteiger partial charge in [0.25, 0.3) is 0 Å². The molecule has 0 aromatic carbocycles. The lowest BCUT2D eigenvalue weighted by molar-refractivity contribution is 0.0117. The maximum atomic E-state index is 6.12. The Kier molecular flexibility index (Phi) is 5.01. The number of aliphatic imine (C=N–C) groups is 1. The Morgan fingerprint density at radius 3 is 2.43 bits per heavy atom. The molecule has 3 fully saturated rings. The molecule has 3 N–H and O–H groups in total. The molecule has 3 aliphatic rings. The Balaban J connectivity index is 1.48. The largest absolute Gasteiger partial charge is 0.379 e. The first kappa shape index (κ1) is 15.1. The van der Waals surface area contributed by atoms with Crippen LogP contribution in [-0.4, -0.2) is 55.3 Å². The zero-order valence-corrected chi connectivity index (χ0v) is 13.1. The number of morpholine rings is 1. The summed E-state index contributed by atoms with van der Waals surface area (Å²) in [6.45, 7) is 4.66. The van der Waals surface area contributed by atoms with Crippen molar-refractivity contribution in [3.8, 4) is 0 Å². The molecule has 5 nitrogen and oxygen atoms in total. The number of rotatable bonds is 4. The smallest absolute Gasteiger partial charge is 0.188 e. The molecule has 0 amide bonds. The Morgan fingerprint density at radius 2 is 1.81 bits per heavy atom. The summed E-state index contributed by atoms with van der Waals surface area (Å²) in [5, 5.41) is 3.45. The van der Waals surface area contributed by atoms with E-state index in [1.54, 1.807) is 0 Å². The summed E-state index contributed by atoms with van der Waals surface area (Å²) in [7, 11) is 0. The topological polar surface area (TPSA) is 62.9 Å². The van der Waals surface area contributed by atoms with Crippen LogP contribution in [0.25, 0.3) is 0 Å². The van der Waals surface area contributed by atoms with Gasteiger partial charge in [0.05, 0.1) is 19.8 Å². The predicted octanol–water partition coefficient (Wildman–Crippen LogP) is 1.48. The molecule has 0 aromatic rings. The van der Waals surface area contributed by atoms with Crippen molar-refractivity contribution in [2.24, 2.45) is 10.7 Å². The third kappa shape index (κ3) is 4.10. The minimum absolute atomic E-state index is 0.291. The first-order valence-electron chi connectivity index (χ1n) is 8.68. The van der Waals surface area contributed by atoms with Crippen molar-refractivity contribution in [1.29, 1.82) is 0 Å². The molecule has 0 aromatic heterocycles. The van der Waals surface area contributed by atoms with Gasteiger partial charge in [0.1, 0.15) is 0 Å². The summed E-state index contributed by atoms with van der Waals surface area (Å²) in [6, 6.07) is 0.537. The molecule has 0 bridgehead atoms. The van der Waals surface area contributed by atoms with E-state index in [0.717, 1.165) is 32.8 Å². The van der Waals surface area contributed by atoms with Crippen LogP contribution in [0.2, 0.25) is 0 Å². The molecule has 5 heteroatoms. The fourth-order valence-corrected chi connectivity index (χ4v) is 3.67. The first-order valence-corrected chi connectivity index (χ1v) is 8.68. The minimum atomic E-state index is 0.291. The maximum absolute atomic E-state index is 6.12. The molecule has 21 heavy (non-hydrogen) atoms. The average molecular weight is 294 g/mol. The molecule has 3 rings (SSSR count). The SMILES string of the molecule is NC(=NCC1(N2CCOCC2)CC1)NC1CCCCCC1. The van der Waals surface area contributed by atoms with E-state index in [4.69, 9.17) is 10.5 Å². The van der Waals surface area contributed by atoms with Gasteiger partial charge in [0.2, 0.25) is 0 Å². The van der Waals surface area contributed by atoms with Gasteiger partial charge in [-0.25, -0.2) is 0 Å². The van der Waals surface area contributed by atoms with Crippen LogP contribution in [0.1, 0.15) is 51.4 Å². The lowest BCUT2D eigenvalue weighted by Crippen LogP contribution is -2.47. The van der Waals surface area contributed by atoms with E-state index >= 15 is 0 Å². The quantitative estimate of drug-likeness (QED) is 0.468. The van der Waals surface area contributed by atoms with Gasteiger partial charge < -0.3 is 15.8 Å². The first-order chi connectivity index (χ1) is 10.3. The molecule has 120 valence electrons. The van der Waals surface area contributed by atoms with E-state index in [9.17, 15) is 0 Å². The monoisotopic (exact) mass is 294 g/mol. The van der Waals surface area contributed by atoms with Gasteiger partial charge in [0, 0.05) is 24.7 Å². The highest BCUT2D eigenvalue weighted by Crippen LogP contribution is 2.42. The van der Waals surface area contributed by atoms with Gasteiger partial charge in [-0.3, -0.25) is 9.89 Å². The summed E-state index contributed by atoms with van der Waals surface area (Å²) in [5.41, 5.74) is 6.41. The number of nitrogens with two attached hydrogens (primary N) is 1. The second-order valence-corrected chi connectivity index (χ2v) is 6.86. The Hall–Kier alpha value is -0.810. The highest BCUT2D eigenvalue weighted by atomic mass is 16.5. The van der Waals surface area contributed by atoms with Crippen LogP contribution < -0.4 is 11.1 Å². The second kappa shape index (κ2) is 6.97. The molecule has 2 aliphatic carbocycles. The van der Waals surface area contributed by atoms with Crippen LogP contribution in [-0.2, 0) is 4.74 Å². The average Bonchev–Trinajstić information content (AvgIpc) is 3.32. The van der Waals surface area contributed by atoms with Gasteiger partial charge in [-0.15, -0.1) is 0 Å². The molecule has 1 saturated heterocycles. The van der Waals surface area contributed by atoms with Crippen LogP contribution in [0.15, 0.2) is 4.99 Å². The van der Waals surface area contributed by atoms with Crippen LogP contribution in [0, 0.1) is 0 Å². The van der Waals surface area contributed by atoms with E-state index < -0.39 is 0 Å². The summed E-state index contributed by atoms with van der Waals surface area (Å²) in [4.78, 5) is 7.21. The van der Waals surface area contributed by atoms with Crippen LogP contribution in [0.4, 0.5) is 0 Å². The van der Waals surface area contributed by atoms with Gasteiger partial charge >= 0.3 is 0 Å². The van der Waals surface area contributed by atoms with Crippen molar-refractivity contribution in [3.63, 3.8) is 0 Å². The van der Waals surface area contributed by atoms with Crippen LogP contribution >= 0.6 is 0 Å². The number of guanidine groups is 1. The molecule has 0 radical (unpaired) electrons. The zero-order chi connectivity index (χ0) is 14.5. The summed E-state index contributed by atoms with van der Waals surface area (Å²) in [6.07, 6.45) is 10.4. The second-order valence-electron chi connectivity index (χ2n) is 6.86. The summed E-state index contributed by atoms with van der Waals surface area (Å²) in [5.74, 6) is 0.654. The van der Waals surface area contributed by atoms with Gasteiger partial charge in [-0.1, -0.05) is 25.7 Å². The lowest BCUT2D eigenvalue weighted by Gasteiger charge is -2.34. The fraction of sp³-hybridized carbons (Fsp3) is 0.938. The Bertz CT molecular complexity index is 353. The highest BCUT2D eigenvalue weighted by Gasteiger charge is 2.48. The number of nitrogens with zero attached hydrogens (tertiary/aromatic N) is 2.